The average Bonchev–Trinajstić information content (AvgIpc) is 2.38. The summed E-state index contributed by atoms with van der Waals surface area (Å²) in [6.45, 7) is 2.28. The maximum Gasteiger partial charge on any atom is 0.403 e. The molecular formula is C14H17BrF3N. The zero-order chi connectivity index (χ0) is 14.0. The Hall–Kier alpha value is -0.550. The molecule has 1 heterocycles. The molecule has 1 fully saturated rings. The van der Waals surface area contributed by atoms with Gasteiger partial charge in [-0.05, 0) is 56.5 Å². The summed E-state index contributed by atoms with van der Waals surface area (Å²) < 4.78 is 39.0. The van der Waals surface area contributed by atoms with Crippen molar-refractivity contribution in [2.45, 2.75) is 37.9 Å². The highest BCUT2D eigenvalue weighted by Crippen LogP contribution is 2.32. The molecule has 1 atom stereocenters. The molecular weight excluding hydrogens is 319 g/mol. The lowest BCUT2D eigenvalue weighted by atomic mass is 9.89. The molecule has 19 heavy (non-hydrogen) atoms. The molecule has 0 aromatic heterocycles. The lowest BCUT2D eigenvalue weighted by Crippen LogP contribution is -2.47. The summed E-state index contributed by atoms with van der Waals surface area (Å²) in [5.41, 5.74) is 1.22. The Morgan fingerprint density at radius 2 is 1.68 bits per heavy atom. The van der Waals surface area contributed by atoms with Gasteiger partial charge < -0.3 is 0 Å². The molecule has 0 saturated carbocycles. The highest BCUT2D eigenvalue weighted by molar-refractivity contribution is 9.10. The Kier molecular flexibility index (Phi) is 4.56. The number of halogens is 4. The van der Waals surface area contributed by atoms with Crippen LogP contribution < -0.4 is 0 Å². The van der Waals surface area contributed by atoms with E-state index in [1.807, 2.05) is 12.1 Å². The first-order valence-corrected chi connectivity index (χ1v) is 7.23. The van der Waals surface area contributed by atoms with Crippen LogP contribution in [-0.2, 0) is 0 Å². The molecule has 1 unspecified atom stereocenters. The van der Waals surface area contributed by atoms with Crippen molar-refractivity contribution < 1.29 is 13.2 Å². The van der Waals surface area contributed by atoms with Gasteiger partial charge >= 0.3 is 6.18 Å². The summed E-state index contributed by atoms with van der Waals surface area (Å²) >= 11 is 3.39. The predicted octanol–water partition coefficient (Wildman–Crippen LogP) is 4.58. The normalized spacial score (nSPS) is 20.5. The van der Waals surface area contributed by atoms with Crippen molar-refractivity contribution in [1.82, 2.24) is 4.90 Å². The van der Waals surface area contributed by atoms with E-state index >= 15 is 0 Å². The topological polar surface area (TPSA) is 3.24 Å². The Labute approximate surface area is 119 Å². The third-order valence-electron chi connectivity index (χ3n) is 3.89. The fraction of sp³-hybridized carbons (Fsp3) is 0.571. The first-order valence-electron chi connectivity index (χ1n) is 6.44. The Balaban J connectivity index is 1.94. The van der Waals surface area contributed by atoms with Gasteiger partial charge in [-0.25, -0.2) is 0 Å². The molecule has 1 aromatic rings. The number of likely N-dealkylation sites (tertiary alicyclic amines) is 1. The molecule has 0 aliphatic carbocycles. The second-order valence-electron chi connectivity index (χ2n) is 5.08. The minimum atomic E-state index is -4.12. The molecule has 106 valence electrons. The van der Waals surface area contributed by atoms with Crippen molar-refractivity contribution in [1.29, 1.82) is 0 Å². The number of nitrogens with zero attached hydrogens (tertiary/aromatic N) is 1. The summed E-state index contributed by atoms with van der Waals surface area (Å²) in [4.78, 5) is 1.54. The largest absolute Gasteiger partial charge is 0.403 e. The van der Waals surface area contributed by atoms with Gasteiger partial charge in [0.25, 0.3) is 0 Å². The van der Waals surface area contributed by atoms with E-state index in [-0.39, 0.29) is 0 Å². The number of benzene rings is 1. The molecule has 1 aliphatic heterocycles. The van der Waals surface area contributed by atoms with E-state index in [9.17, 15) is 13.2 Å². The summed E-state index contributed by atoms with van der Waals surface area (Å²) in [5, 5.41) is 0. The number of piperidine rings is 1. The zero-order valence-corrected chi connectivity index (χ0v) is 12.3. The van der Waals surface area contributed by atoms with Gasteiger partial charge in [0.2, 0.25) is 0 Å². The van der Waals surface area contributed by atoms with E-state index < -0.39 is 12.2 Å². The quantitative estimate of drug-likeness (QED) is 0.764. The minimum absolute atomic E-state index is 0.379. The van der Waals surface area contributed by atoms with Crippen LogP contribution in [0.1, 0.15) is 31.2 Å². The molecule has 1 saturated heterocycles. The van der Waals surface area contributed by atoms with E-state index in [0.717, 1.165) is 17.3 Å². The van der Waals surface area contributed by atoms with Crippen LogP contribution in [0.4, 0.5) is 13.2 Å². The SMILES string of the molecule is CC(N1CCC(c2ccc(Br)cc2)CC1)C(F)(F)F. The van der Waals surface area contributed by atoms with Gasteiger partial charge in [0, 0.05) is 4.47 Å². The van der Waals surface area contributed by atoms with Crippen LogP contribution in [0.25, 0.3) is 0 Å². The van der Waals surface area contributed by atoms with Crippen molar-refractivity contribution in [3.8, 4) is 0 Å². The van der Waals surface area contributed by atoms with Gasteiger partial charge in [-0.2, -0.15) is 13.2 Å². The van der Waals surface area contributed by atoms with Gasteiger partial charge in [0.15, 0.2) is 0 Å². The van der Waals surface area contributed by atoms with Crippen molar-refractivity contribution >= 4 is 15.9 Å². The zero-order valence-electron chi connectivity index (χ0n) is 10.8. The predicted molar refractivity (Wildman–Crippen MR) is 73.2 cm³/mol. The van der Waals surface area contributed by atoms with E-state index in [1.165, 1.54) is 17.4 Å². The molecule has 0 N–H and O–H groups in total. The molecule has 5 heteroatoms. The van der Waals surface area contributed by atoms with Gasteiger partial charge in [-0.3, -0.25) is 4.90 Å². The Morgan fingerprint density at radius 1 is 1.16 bits per heavy atom. The van der Waals surface area contributed by atoms with Crippen molar-refractivity contribution in [2.24, 2.45) is 0 Å². The van der Waals surface area contributed by atoms with Gasteiger partial charge in [-0.15, -0.1) is 0 Å². The van der Waals surface area contributed by atoms with Gasteiger partial charge in [0.05, 0.1) is 0 Å². The maximum atomic E-state index is 12.7. The maximum absolute atomic E-state index is 12.7. The summed E-state index contributed by atoms with van der Waals surface area (Å²) in [7, 11) is 0. The van der Waals surface area contributed by atoms with Crippen molar-refractivity contribution in [3.63, 3.8) is 0 Å². The van der Waals surface area contributed by atoms with Crippen molar-refractivity contribution in [2.75, 3.05) is 13.1 Å². The molecule has 1 aromatic carbocycles. The third-order valence-corrected chi connectivity index (χ3v) is 4.42. The van der Waals surface area contributed by atoms with Gasteiger partial charge in [-0.1, -0.05) is 28.1 Å². The molecule has 1 aliphatic rings. The molecule has 0 radical (unpaired) electrons. The number of alkyl halides is 3. The fourth-order valence-corrected chi connectivity index (χ4v) is 2.83. The second-order valence-corrected chi connectivity index (χ2v) is 6.00. The van der Waals surface area contributed by atoms with E-state index in [0.29, 0.717) is 19.0 Å². The third kappa shape index (κ3) is 3.72. The highest BCUT2D eigenvalue weighted by Gasteiger charge is 2.41. The highest BCUT2D eigenvalue weighted by atomic mass is 79.9. The average molecular weight is 336 g/mol. The molecule has 0 spiro atoms. The first kappa shape index (κ1) is 14.9. The summed E-state index contributed by atoms with van der Waals surface area (Å²) in [6.07, 6.45) is -2.53. The van der Waals surface area contributed by atoms with Crippen LogP contribution in [-0.4, -0.2) is 30.2 Å². The number of hydrogen-bond donors (Lipinski definition) is 0. The lowest BCUT2D eigenvalue weighted by molar-refractivity contribution is -0.181. The standard InChI is InChI=1S/C14H17BrF3N/c1-10(14(16,17)18)19-8-6-12(7-9-19)11-2-4-13(15)5-3-11/h2-5,10,12H,6-9H2,1H3. The Morgan fingerprint density at radius 3 is 2.16 bits per heavy atom. The van der Waals surface area contributed by atoms with E-state index in [4.69, 9.17) is 0 Å². The van der Waals surface area contributed by atoms with Crippen molar-refractivity contribution in [3.05, 3.63) is 34.3 Å². The second kappa shape index (κ2) is 5.83. The summed E-state index contributed by atoms with van der Waals surface area (Å²) in [6, 6.07) is 6.74. The Bertz CT molecular complexity index is 408. The number of rotatable bonds is 2. The molecule has 0 bridgehead atoms. The molecule has 0 amide bonds. The lowest BCUT2D eigenvalue weighted by Gasteiger charge is -2.36. The monoisotopic (exact) mass is 335 g/mol. The number of hydrogen-bond acceptors (Lipinski definition) is 1. The molecule has 1 nitrogen and oxygen atoms in total. The van der Waals surface area contributed by atoms with Crippen LogP contribution in [0, 0.1) is 0 Å². The van der Waals surface area contributed by atoms with Crippen LogP contribution >= 0.6 is 15.9 Å². The first-order chi connectivity index (χ1) is 8.88. The van der Waals surface area contributed by atoms with Gasteiger partial charge in [0.1, 0.15) is 6.04 Å². The van der Waals surface area contributed by atoms with Crippen LogP contribution in [0.15, 0.2) is 28.7 Å². The van der Waals surface area contributed by atoms with E-state index in [2.05, 4.69) is 28.1 Å². The van der Waals surface area contributed by atoms with Crippen LogP contribution in [0.3, 0.4) is 0 Å². The van der Waals surface area contributed by atoms with Crippen LogP contribution in [0.2, 0.25) is 0 Å². The fourth-order valence-electron chi connectivity index (χ4n) is 2.56. The molecule has 2 rings (SSSR count). The summed E-state index contributed by atoms with van der Waals surface area (Å²) in [5.74, 6) is 0.379. The van der Waals surface area contributed by atoms with Crippen LogP contribution in [0.5, 0.6) is 0 Å². The minimum Gasteiger partial charge on any atom is -0.292 e. The smallest absolute Gasteiger partial charge is 0.292 e. The van der Waals surface area contributed by atoms with E-state index in [1.54, 1.807) is 0 Å².